The van der Waals surface area contributed by atoms with E-state index in [0.29, 0.717) is 11.5 Å². The van der Waals surface area contributed by atoms with E-state index in [1.807, 2.05) is 0 Å². The van der Waals surface area contributed by atoms with Crippen molar-refractivity contribution in [3.63, 3.8) is 0 Å². The molecule has 20 heavy (non-hydrogen) atoms. The van der Waals surface area contributed by atoms with Gasteiger partial charge in [-0.2, -0.15) is 0 Å². The summed E-state index contributed by atoms with van der Waals surface area (Å²) in [6.45, 7) is 0. The summed E-state index contributed by atoms with van der Waals surface area (Å²) in [5, 5.41) is 9.00. The van der Waals surface area contributed by atoms with E-state index in [1.54, 1.807) is 12.1 Å². The fourth-order valence-electron chi connectivity index (χ4n) is 3.28. The lowest BCUT2D eigenvalue weighted by Gasteiger charge is -2.19. The molecule has 1 fully saturated rings. The SMILES string of the molecule is O=C(O)c1ccc2c(c1)CCC(=CC1CCCC1)C2=O. The summed E-state index contributed by atoms with van der Waals surface area (Å²) in [4.78, 5) is 23.4. The number of allylic oxidation sites excluding steroid dienone is 2. The van der Waals surface area contributed by atoms with Crippen molar-refractivity contribution in [1.82, 2.24) is 0 Å². The zero-order valence-corrected chi connectivity index (χ0v) is 11.4. The largest absolute Gasteiger partial charge is 0.478 e. The van der Waals surface area contributed by atoms with Crippen molar-refractivity contribution in [2.45, 2.75) is 38.5 Å². The molecule has 0 atom stereocenters. The maximum Gasteiger partial charge on any atom is 0.335 e. The van der Waals surface area contributed by atoms with Gasteiger partial charge in [0, 0.05) is 5.56 Å². The van der Waals surface area contributed by atoms with Crippen LogP contribution in [0, 0.1) is 5.92 Å². The molecule has 0 unspecified atom stereocenters. The first-order valence-corrected chi connectivity index (χ1v) is 7.27. The molecule has 1 aromatic carbocycles. The highest BCUT2D eigenvalue weighted by molar-refractivity contribution is 6.11. The second-order valence-corrected chi connectivity index (χ2v) is 5.74. The lowest BCUT2D eigenvalue weighted by atomic mass is 9.84. The van der Waals surface area contributed by atoms with Gasteiger partial charge in [0.2, 0.25) is 0 Å². The van der Waals surface area contributed by atoms with E-state index in [0.717, 1.165) is 24.0 Å². The Bertz CT molecular complexity index is 592. The van der Waals surface area contributed by atoms with Gasteiger partial charge in [-0.15, -0.1) is 0 Å². The highest BCUT2D eigenvalue weighted by Crippen LogP contribution is 2.31. The number of aromatic carboxylic acids is 1. The van der Waals surface area contributed by atoms with Crippen LogP contribution in [0.2, 0.25) is 0 Å². The van der Waals surface area contributed by atoms with Gasteiger partial charge in [0.1, 0.15) is 0 Å². The molecule has 1 N–H and O–H groups in total. The zero-order chi connectivity index (χ0) is 14.1. The fraction of sp³-hybridized carbons (Fsp3) is 0.412. The lowest BCUT2D eigenvalue weighted by molar-refractivity contribution is 0.0696. The molecular formula is C17H18O3. The third-order valence-corrected chi connectivity index (χ3v) is 4.39. The lowest BCUT2D eigenvalue weighted by Crippen LogP contribution is -2.16. The molecule has 0 heterocycles. The summed E-state index contributed by atoms with van der Waals surface area (Å²) >= 11 is 0. The zero-order valence-electron chi connectivity index (χ0n) is 11.4. The number of carboxylic acids is 1. The predicted octanol–water partition coefficient (Wildman–Crippen LogP) is 3.63. The first-order chi connectivity index (χ1) is 9.65. The topological polar surface area (TPSA) is 54.4 Å². The number of carboxylic acid groups (broad SMARTS) is 1. The van der Waals surface area contributed by atoms with Crippen LogP contribution in [-0.4, -0.2) is 16.9 Å². The molecule has 0 spiro atoms. The molecule has 104 valence electrons. The van der Waals surface area contributed by atoms with Gasteiger partial charge in [-0.3, -0.25) is 4.79 Å². The maximum absolute atomic E-state index is 12.5. The van der Waals surface area contributed by atoms with Crippen molar-refractivity contribution in [3.05, 3.63) is 46.5 Å². The van der Waals surface area contributed by atoms with E-state index in [2.05, 4.69) is 6.08 Å². The van der Waals surface area contributed by atoms with Gasteiger partial charge in [-0.25, -0.2) is 4.79 Å². The Balaban J connectivity index is 1.89. The Hall–Kier alpha value is -1.90. The highest BCUT2D eigenvalue weighted by atomic mass is 16.4. The molecule has 2 aliphatic rings. The van der Waals surface area contributed by atoms with E-state index in [9.17, 15) is 9.59 Å². The first-order valence-electron chi connectivity index (χ1n) is 7.27. The van der Waals surface area contributed by atoms with E-state index in [1.165, 1.54) is 31.7 Å². The minimum Gasteiger partial charge on any atom is -0.478 e. The summed E-state index contributed by atoms with van der Waals surface area (Å²) < 4.78 is 0. The molecule has 0 amide bonds. The summed E-state index contributed by atoms with van der Waals surface area (Å²) in [5.41, 5.74) is 2.75. The van der Waals surface area contributed by atoms with E-state index >= 15 is 0 Å². The number of hydrogen-bond acceptors (Lipinski definition) is 2. The molecule has 3 heteroatoms. The number of rotatable bonds is 2. The normalized spacial score (nSPS) is 21.2. The van der Waals surface area contributed by atoms with Gasteiger partial charge in [-0.1, -0.05) is 18.9 Å². The van der Waals surface area contributed by atoms with Crippen LogP contribution >= 0.6 is 0 Å². The number of benzene rings is 1. The summed E-state index contributed by atoms with van der Waals surface area (Å²) in [5.74, 6) is -0.281. The molecule has 1 saturated carbocycles. The van der Waals surface area contributed by atoms with Gasteiger partial charge >= 0.3 is 5.97 Å². The molecule has 0 aromatic heterocycles. The number of Topliss-reactive ketones (excluding diaryl/α,β-unsaturated/α-hetero) is 1. The Kier molecular flexibility index (Phi) is 3.43. The van der Waals surface area contributed by atoms with Crippen LogP contribution in [0.3, 0.4) is 0 Å². The molecule has 0 radical (unpaired) electrons. The number of carbonyl (C=O) groups excluding carboxylic acids is 1. The minimum atomic E-state index is -0.937. The molecule has 2 aliphatic carbocycles. The van der Waals surface area contributed by atoms with Gasteiger partial charge in [0.25, 0.3) is 0 Å². The van der Waals surface area contributed by atoms with Crippen molar-refractivity contribution in [1.29, 1.82) is 0 Å². The van der Waals surface area contributed by atoms with Crippen molar-refractivity contribution >= 4 is 11.8 Å². The predicted molar refractivity (Wildman–Crippen MR) is 76.1 cm³/mol. The van der Waals surface area contributed by atoms with Crippen molar-refractivity contribution in [2.75, 3.05) is 0 Å². The smallest absolute Gasteiger partial charge is 0.335 e. The van der Waals surface area contributed by atoms with Crippen molar-refractivity contribution in [2.24, 2.45) is 5.92 Å². The van der Waals surface area contributed by atoms with Gasteiger partial charge in [-0.05, 0) is 60.9 Å². The van der Waals surface area contributed by atoms with E-state index < -0.39 is 5.97 Å². The number of ketones is 1. The Morgan fingerprint density at radius 3 is 2.65 bits per heavy atom. The maximum atomic E-state index is 12.5. The molecule has 1 aromatic rings. The van der Waals surface area contributed by atoms with Gasteiger partial charge in [0.15, 0.2) is 5.78 Å². The summed E-state index contributed by atoms with van der Waals surface area (Å²) in [6, 6.07) is 4.84. The van der Waals surface area contributed by atoms with Crippen molar-refractivity contribution in [3.8, 4) is 0 Å². The highest BCUT2D eigenvalue weighted by Gasteiger charge is 2.24. The first kappa shape index (κ1) is 13.1. The van der Waals surface area contributed by atoms with Crippen LogP contribution in [0.5, 0.6) is 0 Å². The Morgan fingerprint density at radius 1 is 1.20 bits per heavy atom. The van der Waals surface area contributed by atoms with E-state index in [-0.39, 0.29) is 11.3 Å². The Morgan fingerprint density at radius 2 is 1.95 bits per heavy atom. The minimum absolute atomic E-state index is 0.0927. The molecule has 3 nitrogen and oxygen atoms in total. The quantitative estimate of drug-likeness (QED) is 0.835. The van der Waals surface area contributed by atoms with Crippen LogP contribution in [-0.2, 0) is 6.42 Å². The molecule has 0 aliphatic heterocycles. The molecule has 0 bridgehead atoms. The Labute approximate surface area is 118 Å². The average Bonchev–Trinajstić information content (AvgIpc) is 2.94. The summed E-state index contributed by atoms with van der Waals surface area (Å²) in [7, 11) is 0. The van der Waals surface area contributed by atoms with Crippen LogP contribution in [0.4, 0.5) is 0 Å². The monoisotopic (exact) mass is 270 g/mol. The van der Waals surface area contributed by atoms with Crippen LogP contribution < -0.4 is 0 Å². The summed E-state index contributed by atoms with van der Waals surface area (Å²) in [6.07, 6.45) is 8.60. The molecule has 0 saturated heterocycles. The fourth-order valence-corrected chi connectivity index (χ4v) is 3.28. The molecule has 3 rings (SSSR count). The number of hydrogen-bond donors (Lipinski definition) is 1. The third-order valence-electron chi connectivity index (χ3n) is 4.39. The standard InChI is InChI=1S/C17H18O3/c18-16-13(9-11-3-1-2-4-11)6-5-12-10-14(17(19)20)7-8-15(12)16/h7-11H,1-6H2,(H,19,20). The van der Waals surface area contributed by atoms with Crippen LogP contribution in [0.15, 0.2) is 29.8 Å². The molecular weight excluding hydrogens is 252 g/mol. The number of aryl methyl sites for hydroxylation is 1. The second kappa shape index (κ2) is 5.23. The second-order valence-electron chi connectivity index (χ2n) is 5.74. The van der Waals surface area contributed by atoms with Gasteiger partial charge in [0.05, 0.1) is 5.56 Å². The van der Waals surface area contributed by atoms with Crippen molar-refractivity contribution < 1.29 is 14.7 Å². The van der Waals surface area contributed by atoms with Crippen LogP contribution in [0.25, 0.3) is 0 Å². The third kappa shape index (κ3) is 2.40. The van der Waals surface area contributed by atoms with Gasteiger partial charge < -0.3 is 5.11 Å². The number of fused-ring (bicyclic) bond motifs is 1. The number of carbonyl (C=O) groups is 2. The average molecular weight is 270 g/mol. The van der Waals surface area contributed by atoms with Crippen LogP contribution in [0.1, 0.15) is 58.4 Å². The van der Waals surface area contributed by atoms with E-state index in [4.69, 9.17) is 5.11 Å².